The van der Waals surface area contributed by atoms with E-state index in [9.17, 15) is 26.7 Å². The molecule has 11 nitrogen and oxygen atoms in total. The smallest absolute Gasteiger partial charge is 0.410 e. The number of aromatic hydroxyl groups is 1. The maximum Gasteiger partial charge on any atom is 0.410 e. The highest BCUT2D eigenvalue weighted by Crippen LogP contribution is 2.36. The van der Waals surface area contributed by atoms with Crippen LogP contribution >= 0.6 is 48.0 Å². The van der Waals surface area contributed by atoms with Crippen LogP contribution in [0.3, 0.4) is 0 Å². The van der Waals surface area contributed by atoms with Gasteiger partial charge in [-0.05, 0) is 161 Å². The van der Waals surface area contributed by atoms with Crippen LogP contribution in [0.4, 0.5) is 4.79 Å². The van der Waals surface area contributed by atoms with E-state index in [1.807, 2.05) is 71.0 Å². The van der Waals surface area contributed by atoms with Gasteiger partial charge in [-0.25, -0.2) is 21.6 Å². The third-order valence-electron chi connectivity index (χ3n) is 10.9. The summed E-state index contributed by atoms with van der Waals surface area (Å²) in [7, 11) is -5.85. The van der Waals surface area contributed by atoms with Crippen LogP contribution in [0.25, 0.3) is 0 Å². The summed E-state index contributed by atoms with van der Waals surface area (Å²) in [6.07, 6.45) is 1.54. The standard InChI is InChI=1S/C30H34ClNO6S.C17H18ClNO3S.2ClH/c1-20-16-24(10-12-26(20)22-14-15-32(18-22)29(33)38-30(2,3)4)39(34,35)25-11-13-28(27(31)17-25)37-19-21-6-8-23(36-5)9-7-21;1-11-8-13(2-4-15(11)12-6-7-19-10-12)23(21,22)14-3-5-17(20)16(18)9-14;;/h6-13,16-17,22H,14-15,18-19H2,1-5H3;2-5,8-9,12,19-20H,6-7,10H2,1H3;2*1H. The van der Waals surface area contributed by atoms with E-state index in [2.05, 4.69) is 5.32 Å². The van der Waals surface area contributed by atoms with Crippen molar-refractivity contribution in [1.82, 2.24) is 10.2 Å². The maximum absolute atomic E-state index is 13.4. The second kappa shape index (κ2) is 21.9. The molecule has 64 heavy (non-hydrogen) atoms. The fraction of sp³-hybridized carbons (Fsp3) is 0.340. The molecule has 2 N–H and O–H groups in total. The molecular weight excluding hydrogens is 942 g/mol. The third kappa shape index (κ3) is 12.6. The topological polar surface area (TPSA) is 149 Å². The molecule has 0 spiro atoms. The van der Waals surface area contributed by atoms with E-state index in [1.165, 1.54) is 35.9 Å². The zero-order valence-electron chi connectivity index (χ0n) is 36.4. The highest BCUT2D eigenvalue weighted by atomic mass is 35.5. The van der Waals surface area contributed by atoms with Crippen LogP contribution in [0.15, 0.2) is 117 Å². The van der Waals surface area contributed by atoms with Gasteiger partial charge in [-0.3, -0.25) is 0 Å². The number of nitrogens with zero attached hydrogens (tertiary/aromatic N) is 1. The number of phenols is 1. The van der Waals surface area contributed by atoms with E-state index in [0.717, 1.165) is 53.9 Å². The average Bonchev–Trinajstić information content (AvgIpc) is 3.95. The second-order valence-corrected chi connectivity index (χ2v) is 21.2. The van der Waals surface area contributed by atoms with Gasteiger partial charge >= 0.3 is 6.09 Å². The van der Waals surface area contributed by atoms with Crippen LogP contribution in [-0.2, 0) is 31.0 Å². The summed E-state index contributed by atoms with van der Waals surface area (Å²) in [6.45, 7) is 12.7. The summed E-state index contributed by atoms with van der Waals surface area (Å²) in [5.41, 5.74) is 4.43. The van der Waals surface area contributed by atoms with Crippen molar-refractivity contribution in [2.24, 2.45) is 0 Å². The van der Waals surface area contributed by atoms with Gasteiger partial charge in [-0.15, -0.1) is 24.8 Å². The second-order valence-electron chi connectivity index (χ2n) is 16.5. The minimum Gasteiger partial charge on any atom is -0.506 e. The number of aryl methyl sites for hydroxylation is 2. The molecule has 346 valence electrons. The molecule has 2 atom stereocenters. The number of likely N-dealkylation sites (tertiary alicyclic amines) is 1. The lowest BCUT2D eigenvalue weighted by Crippen LogP contribution is -2.35. The zero-order valence-corrected chi connectivity index (χ0v) is 41.2. The van der Waals surface area contributed by atoms with E-state index in [-0.39, 0.29) is 78.8 Å². The molecule has 2 unspecified atom stereocenters. The van der Waals surface area contributed by atoms with E-state index >= 15 is 0 Å². The van der Waals surface area contributed by atoms with Crippen LogP contribution in [0.1, 0.15) is 73.3 Å². The number of halogens is 4. The summed E-state index contributed by atoms with van der Waals surface area (Å²) in [5, 5.41) is 13.0. The Bertz CT molecular complexity index is 2650. The van der Waals surface area contributed by atoms with E-state index in [0.29, 0.717) is 24.8 Å². The molecule has 5 aromatic rings. The lowest BCUT2D eigenvalue weighted by atomic mass is 9.94. The Morgan fingerprint density at radius 2 is 1.28 bits per heavy atom. The third-order valence-corrected chi connectivity index (χ3v) is 15.0. The van der Waals surface area contributed by atoms with Crippen molar-refractivity contribution in [3.8, 4) is 17.2 Å². The minimum absolute atomic E-state index is 0. The Morgan fingerprint density at radius 1 is 0.750 bits per heavy atom. The van der Waals surface area contributed by atoms with Crippen molar-refractivity contribution in [2.45, 2.75) is 91.1 Å². The van der Waals surface area contributed by atoms with Gasteiger partial charge in [-0.1, -0.05) is 47.5 Å². The molecule has 0 aliphatic carbocycles. The molecule has 0 bridgehead atoms. The lowest BCUT2D eigenvalue weighted by molar-refractivity contribution is 0.0292. The fourth-order valence-corrected chi connectivity index (χ4v) is 10.8. The number of sulfone groups is 2. The molecule has 2 fully saturated rings. The van der Waals surface area contributed by atoms with Crippen molar-refractivity contribution in [2.75, 3.05) is 33.3 Å². The first-order valence-electron chi connectivity index (χ1n) is 20.2. The number of carbonyl (C=O) groups is 1. The van der Waals surface area contributed by atoms with Crippen LogP contribution in [0.5, 0.6) is 17.2 Å². The molecule has 0 radical (unpaired) electrons. The maximum atomic E-state index is 13.4. The van der Waals surface area contributed by atoms with Gasteiger partial charge in [0, 0.05) is 25.6 Å². The molecule has 17 heteroatoms. The van der Waals surface area contributed by atoms with Gasteiger partial charge in [0.25, 0.3) is 0 Å². The quantitative estimate of drug-likeness (QED) is 0.138. The zero-order chi connectivity index (χ0) is 45.0. The number of nitrogens with one attached hydrogen (secondary N) is 1. The van der Waals surface area contributed by atoms with Crippen molar-refractivity contribution in [1.29, 1.82) is 0 Å². The number of ether oxygens (including phenoxy) is 3. The Kier molecular flexibility index (Phi) is 17.9. The Morgan fingerprint density at radius 3 is 1.78 bits per heavy atom. The number of methoxy groups -OCH3 is 1. The number of phenolic OH excluding ortho intramolecular Hbond substituents is 1. The summed E-state index contributed by atoms with van der Waals surface area (Å²) >= 11 is 12.2. The van der Waals surface area contributed by atoms with E-state index in [4.69, 9.17) is 37.4 Å². The molecule has 0 aromatic heterocycles. The van der Waals surface area contributed by atoms with E-state index in [1.54, 1.807) is 42.3 Å². The van der Waals surface area contributed by atoms with Crippen LogP contribution in [-0.4, -0.2) is 71.8 Å². The monoisotopic (exact) mass is 994 g/mol. The predicted molar refractivity (Wildman–Crippen MR) is 255 cm³/mol. The Hall–Kier alpha value is -4.21. The SMILES string of the molecule is COc1ccc(COc2ccc(S(=O)(=O)c3ccc(C4CCN(C(=O)OC(C)(C)C)C4)c(C)c3)cc2Cl)cc1.Cc1cc(S(=O)(=O)c2ccc(O)c(Cl)c2)ccc1C1CCNC1.Cl.Cl. The number of hydrogen-bond donors (Lipinski definition) is 2. The predicted octanol–water partition coefficient (Wildman–Crippen LogP) is 10.9. The summed E-state index contributed by atoms with van der Waals surface area (Å²) in [5.74, 6) is 1.57. The molecule has 2 aliphatic heterocycles. The first-order valence-corrected chi connectivity index (χ1v) is 23.9. The van der Waals surface area contributed by atoms with E-state index < -0.39 is 25.3 Å². The van der Waals surface area contributed by atoms with Crippen molar-refractivity contribution in [3.05, 3.63) is 135 Å². The van der Waals surface area contributed by atoms with Gasteiger partial charge in [0.2, 0.25) is 19.7 Å². The molecule has 5 aromatic carbocycles. The van der Waals surface area contributed by atoms with Gasteiger partial charge in [0.05, 0.1) is 36.7 Å². The molecule has 7 rings (SSSR count). The number of hydrogen-bond acceptors (Lipinski definition) is 10. The first kappa shape index (κ1) is 52.4. The molecular formula is C47H54Cl4N2O9S2. The lowest BCUT2D eigenvalue weighted by Gasteiger charge is -2.24. The number of rotatable bonds is 10. The highest BCUT2D eigenvalue weighted by Gasteiger charge is 2.32. The van der Waals surface area contributed by atoms with Gasteiger partial charge in [0.1, 0.15) is 29.5 Å². The summed E-state index contributed by atoms with van der Waals surface area (Å²) in [6, 6.07) is 26.3. The highest BCUT2D eigenvalue weighted by molar-refractivity contribution is 7.91. The van der Waals surface area contributed by atoms with Crippen LogP contribution < -0.4 is 14.8 Å². The summed E-state index contributed by atoms with van der Waals surface area (Å²) < 4.78 is 68.8. The Labute approximate surface area is 399 Å². The normalized spacial score (nSPS) is 16.2. The van der Waals surface area contributed by atoms with Gasteiger partial charge in [0.15, 0.2) is 0 Å². The van der Waals surface area contributed by atoms with Crippen LogP contribution in [0, 0.1) is 13.8 Å². The molecule has 2 aliphatic rings. The van der Waals surface area contributed by atoms with Gasteiger partial charge < -0.3 is 29.5 Å². The molecule has 2 saturated heterocycles. The number of benzene rings is 5. The minimum atomic E-state index is -3.80. The summed E-state index contributed by atoms with van der Waals surface area (Å²) in [4.78, 5) is 14.8. The molecule has 1 amide bonds. The molecule has 0 saturated carbocycles. The average molecular weight is 997 g/mol. The van der Waals surface area contributed by atoms with Crippen molar-refractivity contribution in [3.63, 3.8) is 0 Å². The van der Waals surface area contributed by atoms with Crippen molar-refractivity contribution < 1.29 is 40.9 Å². The van der Waals surface area contributed by atoms with Crippen LogP contribution in [0.2, 0.25) is 10.0 Å². The molecule has 2 heterocycles. The fourth-order valence-electron chi connectivity index (χ4n) is 7.55. The van der Waals surface area contributed by atoms with Gasteiger partial charge in [-0.2, -0.15) is 0 Å². The van der Waals surface area contributed by atoms with Crippen molar-refractivity contribution >= 4 is 73.8 Å². The number of amides is 1. The number of carbonyl (C=O) groups excluding carboxylic acids is 1. The Balaban J connectivity index is 0.000000307. The first-order chi connectivity index (χ1) is 29.3. The largest absolute Gasteiger partial charge is 0.506 e.